The van der Waals surface area contributed by atoms with Crippen LogP contribution in [0.1, 0.15) is 28.0 Å². The van der Waals surface area contributed by atoms with Crippen molar-refractivity contribution < 1.29 is 9.53 Å². The molecule has 0 saturated carbocycles. The van der Waals surface area contributed by atoms with Crippen LogP contribution in [0.4, 0.5) is 0 Å². The van der Waals surface area contributed by atoms with E-state index in [2.05, 4.69) is 21.2 Å². The van der Waals surface area contributed by atoms with Gasteiger partial charge in [0, 0.05) is 18.0 Å². The summed E-state index contributed by atoms with van der Waals surface area (Å²) >= 11 is 1.36. The molecule has 1 aromatic carbocycles. The summed E-state index contributed by atoms with van der Waals surface area (Å²) in [5.41, 5.74) is 3.51. The van der Waals surface area contributed by atoms with E-state index in [0.717, 1.165) is 32.9 Å². The molecule has 5 aromatic rings. The summed E-state index contributed by atoms with van der Waals surface area (Å²) in [6, 6.07) is 17.5. The number of hydrogen-bond donors (Lipinski definition) is 0. The molecule has 4 aromatic heterocycles. The Labute approximate surface area is 176 Å². The van der Waals surface area contributed by atoms with Crippen LogP contribution in [0.25, 0.3) is 27.1 Å². The van der Waals surface area contributed by atoms with Crippen molar-refractivity contribution in [2.24, 2.45) is 0 Å². The van der Waals surface area contributed by atoms with E-state index >= 15 is 0 Å². The predicted molar refractivity (Wildman–Crippen MR) is 115 cm³/mol. The lowest BCUT2D eigenvalue weighted by Crippen LogP contribution is -2.01. The highest BCUT2D eigenvalue weighted by Crippen LogP contribution is 2.27. The maximum absolute atomic E-state index is 11.9. The number of fused-ring (bicyclic) bond motifs is 2. The van der Waals surface area contributed by atoms with Crippen LogP contribution in [0.5, 0.6) is 0 Å². The summed E-state index contributed by atoms with van der Waals surface area (Å²) in [5, 5.41) is 14.4. The van der Waals surface area contributed by atoms with E-state index in [1.54, 1.807) is 23.7 Å². The van der Waals surface area contributed by atoms with Gasteiger partial charge in [0.05, 0.1) is 17.0 Å². The number of pyridine rings is 1. The average Bonchev–Trinajstić information content (AvgIpc) is 3.41. The van der Waals surface area contributed by atoms with Gasteiger partial charge in [-0.3, -0.25) is 4.98 Å². The highest BCUT2D eigenvalue weighted by Gasteiger charge is 2.14. The number of carbonyl (C=O) groups excluding carboxylic acids is 1. The Morgan fingerprint density at radius 3 is 2.93 bits per heavy atom. The third-order valence-electron chi connectivity index (χ3n) is 4.69. The Hall–Kier alpha value is -3.65. The van der Waals surface area contributed by atoms with Crippen LogP contribution in [0, 0.1) is 0 Å². The van der Waals surface area contributed by atoms with Gasteiger partial charge in [-0.05, 0) is 55.0 Å². The van der Waals surface area contributed by atoms with Crippen molar-refractivity contribution in [3.63, 3.8) is 0 Å². The summed E-state index contributed by atoms with van der Waals surface area (Å²) in [6.07, 6.45) is 2.39. The first kappa shape index (κ1) is 18.4. The molecule has 0 spiro atoms. The molecule has 0 aliphatic rings. The first-order chi connectivity index (χ1) is 14.7. The van der Waals surface area contributed by atoms with Gasteiger partial charge in [-0.1, -0.05) is 12.1 Å². The first-order valence-corrected chi connectivity index (χ1v) is 10.4. The van der Waals surface area contributed by atoms with Gasteiger partial charge < -0.3 is 4.74 Å². The highest BCUT2D eigenvalue weighted by atomic mass is 32.1. The van der Waals surface area contributed by atoms with Crippen LogP contribution in [-0.2, 0) is 11.2 Å². The summed E-state index contributed by atoms with van der Waals surface area (Å²) in [4.78, 5) is 17.8. The van der Waals surface area contributed by atoms with Gasteiger partial charge in [-0.15, -0.1) is 21.5 Å². The molecule has 0 atom stereocenters. The molecule has 4 heterocycles. The molecule has 7 nitrogen and oxygen atoms in total. The lowest BCUT2D eigenvalue weighted by molar-refractivity contribution is 0.0532. The molecule has 0 amide bonds. The summed E-state index contributed by atoms with van der Waals surface area (Å²) in [6.45, 7) is 2.15. The van der Waals surface area contributed by atoms with E-state index in [1.807, 2.05) is 42.5 Å². The lowest BCUT2D eigenvalue weighted by Gasteiger charge is -2.04. The average molecular weight is 415 g/mol. The van der Waals surface area contributed by atoms with E-state index in [4.69, 9.17) is 9.84 Å². The number of hydrogen-bond acceptors (Lipinski definition) is 7. The molecule has 0 saturated heterocycles. The van der Waals surface area contributed by atoms with Crippen LogP contribution < -0.4 is 0 Å². The Balaban J connectivity index is 1.47. The number of thiophene rings is 1. The van der Waals surface area contributed by atoms with E-state index in [0.29, 0.717) is 23.6 Å². The minimum atomic E-state index is -0.314. The minimum absolute atomic E-state index is 0.314. The number of esters is 1. The zero-order valence-corrected chi connectivity index (χ0v) is 17.0. The normalized spacial score (nSPS) is 11.2. The molecular weight excluding hydrogens is 398 g/mol. The fourth-order valence-corrected chi connectivity index (χ4v) is 4.14. The van der Waals surface area contributed by atoms with Crippen LogP contribution in [-0.4, -0.2) is 37.4 Å². The Morgan fingerprint density at radius 2 is 2.03 bits per heavy atom. The molecule has 0 bridgehead atoms. The molecule has 30 heavy (non-hydrogen) atoms. The lowest BCUT2D eigenvalue weighted by atomic mass is 10.1. The van der Waals surface area contributed by atoms with E-state index in [-0.39, 0.29) is 5.97 Å². The largest absolute Gasteiger partial charge is 0.462 e. The van der Waals surface area contributed by atoms with Gasteiger partial charge >= 0.3 is 5.97 Å². The summed E-state index contributed by atoms with van der Waals surface area (Å²) in [7, 11) is 0. The minimum Gasteiger partial charge on any atom is -0.462 e. The number of ether oxygens (including phenoxy) is 1. The van der Waals surface area contributed by atoms with Crippen molar-refractivity contribution in [3.8, 4) is 10.6 Å². The Kier molecular flexibility index (Phi) is 4.68. The summed E-state index contributed by atoms with van der Waals surface area (Å²) < 4.78 is 6.83. The van der Waals surface area contributed by atoms with Gasteiger partial charge in [0.25, 0.3) is 0 Å². The van der Waals surface area contributed by atoms with Gasteiger partial charge in [-0.2, -0.15) is 9.61 Å². The predicted octanol–water partition coefficient (Wildman–Crippen LogP) is 4.17. The van der Waals surface area contributed by atoms with Gasteiger partial charge in [0.1, 0.15) is 10.6 Å². The molecule has 0 aliphatic heterocycles. The molecular formula is C22H17N5O2S. The molecule has 0 N–H and O–H groups in total. The SMILES string of the molecule is CCOC(=O)c1ccc(-c2ccc3nnc(Cc4ccc5ncccc5c4)n3n2)s1. The quantitative estimate of drug-likeness (QED) is 0.401. The van der Waals surface area contributed by atoms with E-state index in [9.17, 15) is 4.79 Å². The first-order valence-electron chi connectivity index (χ1n) is 9.53. The Bertz CT molecular complexity index is 1370. The number of benzene rings is 1. The van der Waals surface area contributed by atoms with E-state index in [1.165, 1.54) is 11.3 Å². The molecule has 5 rings (SSSR count). The second-order valence-electron chi connectivity index (χ2n) is 6.70. The van der Waals surface area contributed by atoms with Crippen molar-refractivity contribution in [3.05, 3.63) is 77.1 Å². The number of rotatable bonds is 5. The second kappa shape index (κ2) is 7.64. The van der Waals surface area contributed by atoms with Crippen molar-refractivity contribution >= 4 is 33.9 Å². The second-order valence-corrected chi connectivity index (χ2v) is 7.78. The zero-order chi connectivity index (χ0) is 20.5. The van der Waals surface area contributed by atoms with E-state index < -0.39 is 0 Å². The topological polar surface area (TPSA) is 82.3 Å². The fourth-order valence-electron chi connectivity index (χ4n) is 3.28. The zero-order valence-electron chi connectivity index (χ0n) is 16.1. The summed E-state index contributed by atoms with van der Waals surface area (Å²) in [5.74, 6) is 0.433. The highest BCUT2D eigenvalue weighted by molar-refractivity contribution is 7.17. The Morgan fingerprint density at radius 1 is 1.10 bits per heavy atom. The maximum atomic E-state index is 11.9. The van der Waals surface area contributed by atoms with Gasteiger partial charge in [-0.25, -0.2) is 4.79 Å². The molecule has 8 heteroatoms. The standard InChI is InChI=1S/C22H17N5O2S/c1-2-29-22(28)19-9-8-18(30-19)17-7-10-20-24-25-21(27(20)26-17)13-14-5-6-16-15(12-14)4-3-11-23-16/h3-12H,2,13H2,1H3. The van der Waals surface area contributed by atoms with Gasteiger partial charge in [0.15, 0.2) is 11.5 Å². The molecule has 0 radical (unpaired) electrons. The fraction of sp³-hybridized carbons (Fsp3) is 0.136. The van der Waals surface area contributed by atoms with Crippen molar-refractivity contribution in [1.82, 2.24) is 24.8 Å². The number of nitrogens with zero attached hydrogens (tertiary/aromatic N) is 5. The smallest absolute Gasteiger partial charge is 0.348 e. The molecule has 0 aliphatic carbocycles. The molecule has 0 unspecified atom stereocenters. The van der Waals surface area contributed by atoms with Crippen LogP contribution in [0.2, 0.25) is 0 Å². The van der Waals surface area contributed by atoms with Crippen molar-refractivity contribution in [2.75, 3.05) is 6.61 Å². The van der Waals surface area contributed by atoms with Crippen LogP contribution in [0.15, 0.2) is 60.8 Å². The van der Waals surface area contributed by atoms with Crippen molar-refractivity contribution in [1.29, 1.82) is 0 Å². The van der Waals surface area contributed by atoms with Crippen LogP contribution >= 0.6 is 11.3 Å². The number of aromatic nitrogens is 5. The number of carbonyl (C=O) groups is 1. The van der Waals surface area contributed by atoms with Crippen molar-refractivity contribution in [2.45, 2.75) is 13.3 Å². The monoisotopic (exact) mass is 415 g/mol. The third-order valence-corrected chi connectivity index (χ3v) is 5.78. The molecule has 0 fully saturated rings. The third kappa shape index (κ3) is 3.42. The van der Waals surface area contributed by atoms with Crippen LogP contribution in [0.3, 0.4) is 0 Å². The maximum Gasteiger partial charge on any atom is 0.348 e. The molecule has 148 valence electrons. The van der Waals surface area contributed by atoms with Gasteiger partial charge in [0.2, 0.25) is 0 Å².